The van der Waals surface area contributed by atoms with Crippen LogP contribution < -0.4 is 0 Å². The fraction of sp³-hybridized carbons (Fsp3) is 0.500. The van der Waals surface area contributed by atoms with Crippen molar-refractivity contribution in [1.82, 2.24) is 9.88 Å². The minimum Gasteiger partial charge on any atom is -0.396 e. The number of pyridine rings is 1. The highest BCUT2D eigenvalue weighted by molar-refractivity contribution is 6.48. The first-order chi connectivity index (χ1) is 8.90. The van der Waals surface area contributed by atoms with Crippen LogP contribution in [0.4, 0.5) is 0 Å². The molecule has 4 nitrogen and oxygen atoms in total. The average molecular weight is 326 g/mol. The van der Waals surface area contributed by atoms with Crippen LogP contribution in [0, 0.1) is 0 Å². The van der Waals surface area contributed by atoms with Crippen LogP contribution >= 0.6 is 34.8 Å². The summed E-state index contributed by atoms with van der Waals surface area (Å²) in [5.41, 5.74) is 0.0720. The zero-order chi connectivity index (χ0) is 14.6. The van der Waals surface area contributed by atoms with Crippen molar-refractivity contribution in [3.8, 4) is 0 Å². The van der Waals surface area contributed by atoms with E-state index in [9.17, 15) is 4.79 Å². The molecule has 19 heavy (non-hydrogen) atoms. The molecule has 0 bridgehead atoms. The first-order valence-corrected chi connectivity index (χ1v) is 6.94. The van der Waals surface area contributed by atoms with Crippen molar-refractivity contribution in [2.45, 2.75) is 26.3 Å². The largest absolute Gasteiger partial charge is 0.396 e. The van der Waals surface area contributed by atoms with Gasteiger partial charge < -0.3 is 10.0 Å². The second-order valence-corrected chi connectivity index (χ2v) is 5.42. The highest BCUT2D eigenvalue weighted by Crippen LogP contribution is 2.31. The van der Waals surface area contributed by atoms with E-state index in [1.807, 2.05) is 13.8 Å². The SMILES string of the molecule is CC(C)N(CCCO)C(=O)c1ncc(Cl)c(Cl)c1Cl. The Morgan fingerprint density at radius 1 is 1.37 bits per heavy atom. The molecule has 0 fully saturated rings. The Balaban J connectivity index is 3.06. The molecule has 0 atom stereocenters. The van der Waals surface area contributed by atoms with Crippen LogP contribution in [0.25, 0.3) is 0 Å². The van der Waals surface area contributed by atoms with Gasteiger partial charge >= 0.3 is 0 Å². The number of aliphatic hydroxyl groups is 1. The maximum atomic E-state index is 12.4. The molecule has 0 aliphatic heterocycles. The van der Waals surface area contributed by atoms with Crippen molar-refractivity contribution >= 4 is 40.7 Å². The summed E-state index contributed by atoms with van der Waals surface area (Å²) in [6.07, 6.45) is 1.79. The first-order valence-electron chi connectivity index (χ1n) is 5.81. The minimum absolute atomic E-state index is 0.0129. The normalized spacial score (nSPS) is 10.9. The monoisotopic (exact) mass is 324 g/mol. The van der Waals surface area contributed by atoms with E-state index in [1.165, 1.54) is 6.20 Å². The van der Waals surface area contributed by atoms with Gasteiger partial charge in [0.15, 0.2) is 0 Å². The molecule has 7 heteroatoms. The lowest BCUT2D eigenvalue weighted by molar-refractivity contribution is 0.0687. The Labute approximate surface area is 127 Å². The Kier molecular flexibility index (Phi) is 6.33. The van der Waals surface area contributed by atoms with Crippen LogP contribution in [0.3, 0.4) is 0 Å². The van der Waals surface area contributed by atoms with Gasteiger partial charge in [-0.3, -0.25) is 4.79 Å². The molecule has 1 aromatic rings. The summed E-state index contributed by atoms with van der Waals surface area (Å²) < 4.78 is 0. The maximum absolute atomic E-state index is 12.4. The summed E-state index contributed by atoms with van der Waals surface area (Å²) in [5, 5.41) is 9.24. The van der Waals surface area contributed by atoms with E-state index in [0.29, 0.717) is 13.0 Å². The number of aliphatic hydroxyl groups excluding tert-OH is 1. The van der Waals surface area contributed by atoms with Gasteiger partial charge in [0, 0.05) is 25.4 Å². The van der Waals surface area contributed by atoms with Crippen LogP contribution in [0.2, 0.25) is 15.1 Å². The maximum Gasteiger partial charge on any atom is 0.274 e. The smallest absolute Gasteiger partial charge is 0.274 e. The van der Waals surface area contributed by atoms with Crippen molar-refractivity contribution in [2.75, 3.05) is 13.2 Å². The fourth-order valence-corrected chi connectivity index (χ4v) is 2.13. The molecule has 1 rings (SSSR count). The molecule has 0 unspecified atom stereocenters. The summed E-state index contributed by atoms with van der Waals surface area (Å²) >= 11 is 17.7. The van der Waals surface area contributed by atoms with Crippen LogP contribution in [0.15, 0.2) is 6.20 Å². The molecule has 1 heterocycles. The predicted molar refractivity (Wildman–Crippen MR) is 77.1 cm³/mol. The summed E-state index contributed by atoms with van der Waals surface area (Å²) in [5.74, 6) is -0.327. The highest BCUT2D eigenvalue weighted by atomic mass is 35.5. The van der Waals surface area contributed by atoms with E-state index in [2.05, 4.69) is 4.98 Å². The molecule has 0 saturated heterocycles. The van der Waals surface area contributed by atoms with Gasteiger partial charge in [-0.1, -0.05) is 34.8 Å². The Morgan fingerprint density at radius 3 is 2.53 bits per heavy atom. The Morgan fingerprint density at radius 2 is 2.00 bits per heavy atom. The summed E-state index contributed by atoms with van der Waals surface area (Å²) in [6.45, 7) is 4.19. The highest BCUT2D eigenvalue weighted by Gasteiger charge is 2.24. The van der Waals surface area contributed by atoms with Crippen molar-refractivity contribution in [3.63, 3.8) is 0 Å². The second-order valence-electron chi connectivity index (χ2n) is 4.25. The number of carbonyl (C=O) groups is 1. The topological polar surface area (TPSA) is 53.4 Å². The third-order valence-electron chi connectivity index (χ3n) is 2.56. The first kappa shape index (κ1) is 16.5. The summed E-state index contributed by atoms with van der Waals surface area (Å²) in [6, 6.07) is -0.0358. The van der Waals surface area contributed by atoms with E-state index in [1.54, 1.807) is 4.90 Å². The number of nitrogens with zero attached hydrogens (tertiary/aromatic N) is 2. The quantitative estimate of drug-likeness (QED) is 0.904. The fourth-order valence-electron chi connectivity index (χ4n) is 1.56. The van der Waals surface area contributed by atoms with Crippen LogP contribution in [-0.2, 0) is 0 Å². The lowest BCUT2D eigenvalue weighted by Crippen LogP contribution is -2.38. The number of rotatable bonds is 5. The van der Waals surface area contributed by atoms with Crippen molar-refractivity contribution in [2.24, 2.45) is 0 Å². The summed E-state index contributed by atoms with van der Waals surface area (Å²) in [7, 11) is 0. The number of hydrogen-bond acceptors (Lipinski definition) is 3. The number of halogens is 3. The molecule has 1 aromatic heterocycles. The van der Waals surface area contributed by atoms with E-state index >= 15 is 0 Å². The zero-order valence-corrected chi connectivity index (χ0v) is 12.9. The molecule has 0 aromatic carbocycles. The van der Waals surface area contributed by atoms with Gasteiger partial charge in [0.05, 0.1) is 15.1 Å². The third-order valence-corrected chi connectivity index (χ3v) is 3.80. The van der Waals surface area contributed by atoms with E-state index in [-0.39, 0.29) is 39.3 Å². The van der Waals surface area contributed by atoms with Crippen LogP contribution in [-0.4, -0.2) is 40.1 Å². The molecule has 1 amide bonds. The molecular weight excluding hydrogens is 311 g/mol. The van der Waals surface area contributed by atoms with Crippen LogP contribution in [0.1, 0.15) is 30.8 Å². The van der Waals surface area contributed by atoms with Crippen LogP contribution in [0.5, 0.6) is 0 Å². The molecule has 0 aliphatic rings. The molecule has 106 valence electrons. The van der Waals surface area contributed by atoms with Crippen molar-refractivity contribution in [1.29, 1.82) is 0 Å². The molecule has 1 N–H and O–H groups in total. The van der Waals surface area contributed by atoms with Gasteiger partial charge in [-0.05, 0) is 20.3 Å². The average Bonchev–Trinajstić information content (AvgIpc) is 2.36. The predicted octanol–water partition coefficient (Wildman–Crippen LogP) is 3.27. The minimum atomic E-state index is -0.327. The standard InChI is InChI=1S/C12H15Cl3N2O2/c1-7(2)17(4-3-5-18)12(19)11-10(15)9(14)8(13)6-16-11/h6-7,18H,3-5H2,1-2H3. The van der Waals surface area contributed by atoms with Gasteiger partial charge in [-0.25, -0.2) is 4.98 Å². The number of amides is 1. The summed E-state index contributed by atoms with van der Waals surface area (Å²) in [4.78, 5) is 17.9. The number of aromatic nitrogens is 1. The molecule has 0 spiro atoms. The molecule has 0 radical (unpaired) electrons. The van der Waals surface area contributed by atoms with E-state index in [4.69, 9.17) is 39.9 Å². The Hall–Kier alpha value is -0.550. The molecule has 0 saturated carbocycles. The van der Waals surface area contributed by atoms with Crippen molar-refractivity contribution in [3.05, 3.63) is 27.0 Å². The Bertz CT molecular complexity index is 467. The van der Waals surface area contributed by atoms with E-state index < -0.39 is 0 Å². The van der Waals surface area contributed by atoms with Gasteiger partial charge in [0.2, 0.25) is 0 Å². The van der Waals surface area contributed by atoms with Gasteiger partial charge in [-0.2, -0.15) is 0 Å². The van der Waals surface area contributed by atoms with Crippen molar-refractivity contribution < 1.29 is 9.90 Å². The second kappa shape index (κ2) is 7.29. The van der Waals surface area contributed by atoms with Gasteiger partial charge in [0.25, 0.3) is 5.91 Å². The van der Waals surface area contributed by atoms with Gasteiger partial charge in [-0.15, -0.1) is 0 Å². The zero-order valence-electron chi connectivity index (χ0n) is 10.7. The van der Waals surface area contributed by atoms with Gasteiger partial charge in [0.1, 0.15) is 5.69 Å². The lowest BCUT2D eigenvalue weighted by Gasteiger charge is -2.26. The lowest BCUT2D eigenvalue weighted by atomic mass is 10.2. The number of hydrogen-bond donors (Lipinski definition) is 1. The molecular formula is C12H15Cl3N2O2. The third kappa shape index (κ3) is 3.96. The number of carbonyl (C=O) groups excluding carboxylic acids is 1. The van der Waals surface area contributed by atoms with E-state index in [0.717, 1.165) is 0 Å². The molecule has 0 aliphatic carbocycles.